The highest BCUT2D eigenvalue weighted by atomic mass is 16.5. The Bertz CT molecular complexity index is 364. The molecule has 1 rings (SSSR count). The van der Waals surface area contributed by atoms with E-state index >= 15 is 0 Å². The first-order valence-corrected chi connectivity index (χ1v) is 4.79. The van der Waals surface area contributed by atoms with Crippen LogP contribution in [0.4, 0.5) is 5.69 Å². The van der Waals surface area contributed by atoms with Crippen LogP contribution in [0.5, 0.6) is 0 Å². The number of aliphatic carboxylic acids is 1. The van der Waals surface area contributed by atoms with Gasteiger partial charge in [-0.25, -0.2) is 4.79 Å². The van der Waals surface area contributed by atoms with E-state index in [1.807, 2.05) is 6.07 Å². The van der Waals surface area contributed by atoms with Gasteiger partial charge in [0.2, 0.25) is 5.91 Å². The summed E-state index contributed by atoms with van der Waals surface area (Å²) in [4.78, 5) is 21.7. The number of nitrogens with one attached hydrogen (secondary N) is 1. The van der Waals surface area contributed by atoms with Crippen molar-refractivity contribution >= 4 is 17.6 Å². The van der Waals surface area contributed by atoms with Crippen molar-refractivity contribution in [1.82, 2.24) is 0 Å². The molecule has 0 heterocycles. The number of anilines is 1. The number of carboxylic acids is 1. The summed E-state index contributed by atoms with van der Waals surface area (Å²) in [5.74, 6) is -1.47. The number of amides is 1. The lowest BCUT2D eigenvalue weighted by atomic mass is 10.3. The van der Waals surface area contributed by atoms with Gasteiger partial charge in [-0.2, -0.15) is 0 Å². The lowest BCUT2D eigenvalue weighted by molar-refractivity contribution is -0.150. The third-order valence-corrected chi connectivity index (χ3v) is 1.87. The summed E-state index contributed by atoms with van der Waals surface area (Å²) in [6.07, 6.45) is -0.985. The van der Waals surface area contributed by atoms with Crippen LogP contribution in [0, 0.1) is 0 Å². The monoisotopic (exact) mass is 223 g/mol. The van der Waals surface area contributed by atoms with Gasteiger partial charge in [0, 0.05) is 5.69 Å². The van der Waals surface area contributed by atoms with Crippen LogP contribution in [-0.2, 0) is 14.3 Å². The van der Waals surface area contributed by atoms with Crippen molar-refractivity contribution < 1.29 is 19.4 Å². The van der Waals surface area contributed by atoms with Gasteiger partial charge in [-0.1, -0.05) is 18.2 Å². The number of hydrogen-bond acceptors (Lipinski definition) is 3. The fourth-order valence-electron chi connectivity index (χ4n) is 0.991. The normalized spacial score (nSPS) is 11.8. The van der Waals surface area contributed by atoms with E-state index in [1.54, 1.807) is 24.3 Å². The largest absolute Gasteiger partial charge is 0.479 e. The van der Waals surface area contributed by atoms with Gasteiger partial charge in [0.1, 0.15) is 6.61 Å². The second-order valence-electron chi connectivity index (χ2n) is 3.21. The summed E-state index contributed by atoms with van der Waals surface area (Å²) in [5, 5.41) is 11.1. The molecule has 86 valence electrons. The fraction of sp³-hybridized carbons (Fsp3) is 0.273. The quantitative estimate of drug-likeness (QED) is 0.784. The Hall–Kier alpha value is -1.88. The number of hydrogen-bond donors (Lipinski definition) is 2. The van der Waals surface area contributed by atoms with Crippen LogP contribution < -0.4 is 5.32 Å². The van der Waals surface area contributed by atoms with E-state index in [0.29, 0.717) is 5.69 Å². The molecule has 0 spiro atoms. The highest BCUT2D eigenvalue weighted by Gasteiger charge is 2.12. The van der Waals surface area contributed by atoms with Gasteiger partial charge in [-0.3, -0.25) is 4.79 Å². The fourth-order valence-corrected chi connectivity index (χ4v) is 0.991. The van der Waals surface area contributed by atoms with Crippen molar-refractivity contribution in [1.29, 1.82) is 0 Å². The van der Waals surface area contributed by atoms with Crippen molar-refractivity contribution in [2.24, 2.45) is 0 Å². The molecule has 0 aliphatic rings. The molecule has 0 aliphatic heterocycles. The molecule has 1 atom stereocenters. The molecular formula is C11H13NO4. The molecule has 1 aromatic rings. The summed E-state index contributed by atoms with van der Waals surface area (Å²) in [6, 6.07) is 8.88. The van der Waals surface area contributed by atoms with Crippen LogP contribution in [-0.4, -0.2) is 29.7 Å². The second-order valence-corrected chi connectivity index (χ2v) is 3.21. The maximum atomic E-state index is 11.3. The molecule has 0 radical (unpaired) electrons. The van der Waals surface area contributed by atoms with Gasteiger partial charge in [0.15, 0.2) is 6.10 Å². The predicted octanol–water partition coefficient (Wildman–Crippen LogP) is 1.11. The van der Waals surface area contributed by atoms with E-state index in [-0.39, 0.29) is 12.5 Å². The Balaban J connectivity index is 2.35. The van der Waals surface area contributed by atoms with Gasteiger partial charge in [-0.15, -0.1) is 0 Å². The third-order valence-electron chi connectivity index (χ3n) is 1.87. The number of para-hydroxylation sites is 1. The molecule has 0 unspecified atom stereocenters. The molecule has 0 fully saturated rings. The van der Waals surface area contributed by atoms with E-state index in [9.17, 15) is 9.59 Å². The summed E-state index contributed by atoms with van der Waals surface area (Å²) < 4.78 is 4.83. The summed E-state index contributed by atoms with van der Waals surface area (Å²) >= 11 is 0. The van der Waals surface area contributed by atoms with Gasteiger partial charge in [0.05, 0.1) is 0 Å². The van der Waals surface area contributed by atoms with E-state index in [2.05, 4.69) is 5.32 Å². The Labute approximate surface area is 93.0 Å². The first-order valence-electron chi connectivity index (χ1n) is 4.79. The Morgan fingerprint density at radius 3 is 2.56 bits per heavy atom. The first-order chi connectivity index (χ1) is 7.59. The molecule has 0 saturated carbocycles. The van der Waals surface area contributed by atoms with Crippen LogP contribution in [0.2, 0.25) is 0 Å². The Morgan fingerprint density at radius 2 is 2.00 bits per heavy atom. The molecule has 2 N–H and O–H groups in total. The maximum absolute atomic E-state index is 11.3. The van der Waals surface area contributed by atoms with Gasteiger partial charge >= 0.3 is 5.97 Å². The molecule has 0 aromatic heterocycles. The van der Waals surface area contributed by atoms with E-state index < -0.39 is 12.1 Å². The zero-order chi connectivity index (χ0) is 12.0. The van der Waals surface area contributed by atoms with E-state index in [1.165, 1.54) is 6.92 Å². The van der Waals surface area contributed by atoms with E-state index in [4.69, 9.17) is 9.84 Å². The van der Waals surface area contributed by atoms with Gasteiger partial charge in [0.25, 0.3) is 0 Å². The smallest absolute Gasteiger partial charge is 0.332 e. The minimum Gasteiger partial charge on any atom is -0.479 e. The Morgan fingerprint density at radius 1 is 1.38 bits per heavy atom. The van der Waals surface area contributed by atoms with Gasteiger partial charge in [-0.05, 0) is 19.1 Å². The number of carboxylic acid groups (broad SMARTS) is 1. The minimum atomic E-state index is -1.09. The SMILES string of the molecule is C[C@H](OCC(=O)Nc1ccccc1)C(=O)O. The lowest BCUT2D eigenvalue weighted by Crippen LogP contribution is -2.26. The van der Waals surface area contributed by atoms with Crippen LogP contribution in [0.15, 0.2) is 30.3 Å². The number of rotatable bonds is 5. The molecule has 0 aliphatic carbocycles. The number of carbonyl (C=O) groups excluding carboxylic acids is 1. The second kappa shape index (κ2) is 5.87. The standard InChI is InChI=1S/C11H13NO4/c1-8(11(14)15)16-7-10(13)12-9-5-3-2-4-6-9/h2-6,8H,7H2,1H3,(H,12,13)(H,14,15)/t8-/m0/s1. The highest BCUT2D eigenvalue weighted by Crippen LogP contribution is 2.04. The number of ether oxygens (including phenoxy) is 1. The molecule has 1 aromatic carbocycles. The molecular weight excluding hydrogens is 210 g/mol. The third kappa shape index (κ3) is 4.10. The highest BCUT2D eigenvalue weighted by molar-refractivity contribution is 5.91. The van der Waals surface area contributed by atoms with Crippen molar-refractivity contribution in [3.63, 3.8) is 0 Å². The topological polar surface area (TPSA) is 75.6 Å². The van der Waals surface area contributed by atoms with Crippen molar-refractivity contribution in [3.05, 3.63) is 30.3 Å². The van der Waals surface area contributed by atoms with Crippen molar-refractivity contribution in [2.75, 3.05) is 11.9 Å². The molecule has 5 heteroatoms. The molecule has 16 heavy (non-hydrogen) atoms. The van der Waals surface area contributed by atoms with Crippen molar-refractivity contribution in [3.8, 4) is 0 Å². The van der Waals surface area contributed by atoms with Gasteiger partial charge < -0.3 is 15.2 Å². The molecule has 0 saturated heterocycles. The van der Waals surface area contributed by atoms with Crippen LogP contribution in [0.1, 0.15) is 6.92 Å². The van der Waals surface area contributed by atoms with Crippen LogP contribution in [0.25, 0.3) is 0 Å². The molecule has 5 nitrogen and oxygen atoms in total. The number of benzene rings is 1. The minimum absolute atomic E-state index is 0.275. The van der Waals surface area contributed by atoms with E-state index in [0.717, 1.165) is 0 Å². The summed E-state index contributed by atoms with van der Waals surface area (Å²) in [7, 11) is 0. The summed E-state index contributed by atoms with van der Waals surface area (Å²) in [6.45, 7) is 1.10. The van der Waals surface area contributed by atoms with Crippen LogP contribution >= 0.6 is 0 Å². The average Bonchev–Trinajstić information content (AvgIpc) is 2.27. The lowest BCUT2D eigenvalue weighted by Gasteiger charge is -2.08. The van der Waals surface area contributed by atoms with Crippen LogP contribution in [0.3, 0.4) is 0 Å². The van der Waals surface area contributed by atoms with Crippen molar-refractivity contribution in [2.45, 2.75) is 13.0 Å². The summed E-state index contributed by atoms with van der Waals surface area (Å²) in [5.41, 5.74) is 0.652. The number of carbonyl (C=O) groups is 2. The zero-order valence-electron chi connectivity index (χ0n) is 8.84. The zero-order valence-corrected chi connectivity index (χ0v) is 8.84. The molecule has 0 bridgehead atoms. The molecule has 1 amide bonds. The Kier molecular flexibility index (Phi) is 4.47. The predicted molar refractivity (Wildman–Crippen MR) is 58.1 cm³/mol. The average molecular weight is 223 g/mol. The first kappa shape index (κ1) is 12.2. The maximum Gasteiger partial charge on any atom is 0.332 e.